The molecule has 0 fully saturated rings. The van der Waals surface area contributed by atoms with Crippen molar-refractivity contribution in [2.75, 3.05) is 11.5 Å². The van der Waals surface area contributed by atoms with E-state index < -0.39 is 63.0 Å². The van der Waals surface area contributed by atoms with Crippen LogP contribution in [0.1, 0.15) is 39.3 Å². The normalized spacial score (nSPS) is 21.8. The van der Waals surface area contributed by atoms with Crippen molar-refractivity contribution < 1.29 is 36.8 Å². The van der Waals surface area contributed by atoms with Gasteiger partial charge in [-0.1, -0.05) is 35.3 Å². The van der Waals surface area contributed by atoms with Gasteiger partial charge in [-0.25, -0.2) is 9.00 Å². The van der Waals surface area contributed by atoms with E-state index >= 15 is 0 Å². The highest BCUT2D eigenvalue weighted by molar-refractivity contribution is 7.93. The summed E-state index contributed by atoms with van der Waals surface area (Å²) in [5, 5.41) is 13.7. The Morgan fingerprint density at radius 2 is 1.89 bits per heavy atom. The maximum absolute atomic E-state index is 14.0. The van der Waals surface area contributed by atoms with Crippen LogP contribution in [0.4, 0.5) is 18.0 Å². The molecule has 1 aromatic carbocycles. The highest BCUT2D eigenvalue weighted by atomic mass is 35.5. The van der Waals surface area contributed by atoms with Crippen LogP contribution in [-0.2, 0) is 24.9 Å². The van der Waals surface area contributed by atoms with Gasteiger partial charge in [-0.3, -0.25) is 9.78 Å². The lowest BCUT2D eigenvalue weighted by Gasteiger charge is -2.31. The molecule has 0 radical (unpaired) electrons. The van der Waals surface area contributed by atoms with E-state index in [1.54, 1.807) is 32.9 Å². The SMILES string of the molecule is CC(C)(C)OC(=O)N[C@H]1CC[S@@](=O)(CC[C@](O)(c2ccc(-c3ccc(Cl)cc3Cl)cn2)C(F)(F)F)=NC1=O. The Balaban J connectivity index is 1.79. The topological polar surface area (TPSA) is 118 Å². The van der Waals surface area contributed by atoms with Gasteiger partial charge in [-0.15, -0.1) is 0 Å². The monoisotopic (exact) mass is 595 g/mol. The summed E-state index contributed by atoms with van der Waals surface area (Å²) in [7, 11) is -3.44. The van der Waals surface area contributed by atoms with E-state index in [4.69, 9.17) is 27.9 Å². The minimum Gasteiger partial charge on any atom is -0.444 e. The molecule has 3 rings (SSSR count). The van der Waals surface area contributed by atoms with Gasteiger partial charge in [0.15, 0.2) is 0 Å². The Morgan fingerprint density at radius 1 is 1.21 bits per heavy atom. The Morgan fingerprint density at radius 3 is 2.42 bits per heavy atom. The number of pyridine rings is 1. The van der Waals surface area contributed by atoms with Gasteiger partial charge in [-0.05, 0) is 45.4 Å². The molecule has 0 aliphatic carbocycles. The van der Waals surface area contributed by atoms with Crippen LogP contribution in [-0.4, -0.2) is 55.6 Å². The van der Waals surface area contributed by atoms with Gasteiger partial charge >= 0.3 is 12.3 Å². The highest BCUT2D eigenvalue weighted by Crippen LogP contribution is 2.42. The Labute approximate surface area is 228 Å². The lowest BCUT2D eigenvalue weighted by Crippen LogP contribution is -2.47. The molecule has 0 unspecified atom stereocenters. The average molecular weight is 596 g/mol. The number of carbonyl (C=O) groups excluding carboxylic acids is 2. The summed E-state index contributed by atoms with van der Waals surface area (Å²) in [5.74, 6) is -1.92. The van der Waals surface area contributed by atoms with Gasteiger partial charge in [0, 0.05) is 45.3 Å². The van der Waals surface area contributed by atoms with E-state index in [0.29, 0.717) is 16.1 Å². The first-order chi connectivity index (χ1) is 17.4. The van der Waals surface area contributed by atoms with Crippen molar-refractivity contribution in [2.45, 2.75) is 57.0 Å². The zero-order chi connectivity index (χ0) is 28.5. The minimum atomic E-state index is -5.17. The molecule has 8 nitrogen and oxygen atoms in total. The second-order valence-electron chi connectivity index (χ2n) is 9.76. The molecule has 14 heteroatoms. The smallest absolute Gasteiger partial charge is 0.423 e. The molecule has 38 heavy (non-hydrogen) atoms. The first kappa shape index (κ1) is 30.1. The molecule has 1 aliphatic rings. The molecule has 2 N–H and O–H groups in total. The number of rotatable bonds is 6. The van der Waals surface area contributed by atoms with Crippen LogP contribution in [0, 0.1) is 0 Å². The maximum Gasteiger partial charge on any atom is 0.423 e. The number of benzene rings is 1. The highest BCUT2D eigenvalue weighted by Gasteiger charge is 2.56. The van der Waals surface area contributed by atoms with Crippen LogP contribution in [0.5, 0.6) is 0 Å². The third kappa shape index (κ3) is 7.16. The van der Waals surface area contributed by atoms with Gasteiger partial charge in [-0.2, -0.15) is 17.5 Å². The number of nitrogens with zero attached hydrogens (tertiary/aromatic N) is 2. The summed E-state index contributed by atoms with van der Waals surface area (Å²) >= 11 is 12.0. The molecule has 2 heterocycles. The summed E-state index contributed by atoms with van der Waals surface area (Å²) < 4.78 is 63.9. The van der Waals surface area contributed by atoms with Crippen molar-refractivity contribution in [3.05, 3.63) is 52.3 Å². The second-order valence-corrected chi connectivity index (χ2v) is 13.1. The molecule has 208 valence electrons. The van der Waals surface area contributed by atoms with Gasteiger partial charge in [0.05, 0.1) is 15.4 Å². The summed E-state index contributed by atoms with van der Waals surface area (Å²) in [6.07, 6.45) is -6.08. The summed E-state index contributed by atoms with van der Waals surface area (Å²) in [4.78, 5) is 28.1. The van der Waals surface area contributed by atoms with E-state index in [-0.39, 0.29) is 17.2 Å². The van der Waals surface area contributed by atoms with Gasteiger partial charge in [0.2, 0.25) is 5.60 Å². The summed E-state index contributed by atoms with van der Waals surface area (Å²) in [6.45, 7) is 4.89. The Kier molecular flexibility index (Phi) is 8.72. The molecule has 1 aliphatic heterocycles. The van der Waals surface area contributed by atoms with E-state index in [1.807, 2.05) is 0 Å². The number of aliphatic hydroxyl groups is 1. The van der Waals surface area contributed by atoms with Crippen molar-refractivity contribution in [2.24, 2.45) is 4.36 Å². The second kappa shape index (κ2) is 11.0. The molecule has 0 saturated heterocycles. The van der Waals surface area contributed by atoms with Crippen molar-refractivity contribution in [3.63, 3.8) is 0 Å². The van der Waals surface area contributed by atoms with Crippen molar-refractivity contribution in [1.29, 1.82) is 0 Å². The van der Waals surface area contributed by atoms with Crippen LogP contribution in [0.25, 0.3) is 11.1 Å². The number of alkyl halides is 3. The van der Waals surface area contributed by atoms with Gasteiger partial charge in [0.25, 0.3) is 5.91 Å². The van der Waals surface area contributed by atoms with Crippen molar-refractivity contribution in [3.8, 4) is 11.1 Å². The summed E-state index contributed by atoms with van der Waals surface area (Å²) in [6, 6.07) is 5.81. The standard InChI is InChI=1S/C24H26Cl2F3N3O5S/c1-22(2,3)37-21(34)31-18-8-10-38(36,32-20(18)33)11-9-23(35,24(27,28)29)19-7-4-14(13-30-19)16-6-5-15(25)12-17(16)26/h4-7,12-13,18,35H,8-11H2,1-3H3,(H,31,34)/t18-,23-,38+/m0/s1. The minimum absolute atomic E-state index is 0.111. The predicted molar refractivity (Wildman–Crippen MR) is 137 cm³/mol. The number of ether oxygens (including phenoxy) is 1. The largest absolute Gasteiger partial charge is 0.444 e. The zero-order valence-electron chi connectivity index (χ0n) is 20.6. The third-order valence-electron chi connectivity index (χ3n) is 5.65. The van der Waals surface area contributed by atoms with Crippen molar-refractivity contribution in [1.82, 2.24) is 10.3 Å². The van der Waals surface area contributed by atoms with Gasteiger partial charge < -0.3 is 15.2 Å². The number of hydrogen-bond acceptors (Lipinski definition) is 6. The number of amides is 2. The fourth-order valence-corrected chi connectivity index (χ4v) is 6.25. The maximum atomic E-state index is 14.0. The molecule has 0 bridgehead atoms. The lowest BCUT2D eigenvalue weighted by molar-refractivity contribution is -0.268. The van der Waals surface area contributed by atoms with Crippen LogP contribution in [0.2, 0.25) is 10.0 Å². The number of aromatic nitrogens is 1. The van der Waals surface area contributed by atoms with E-state index in [0.717, 1.165) is 12.3 Å². The molecule has 2 amide bonds. The fraction of sp³-hybridized carbons (Fsp3) is 0.458. The number of halogens is 5. The first-order valence-corrected chi connectivity index (χ1v) is 14.0. The number of nitrogens with one attached hydrogen (secondary N) is 1. The zero-order valence-corrected chi connectivity index (χ0v) is 23.0. The summed E-state index contributed by atoms with van der Waals surface area (Å²) in [5.41, 5.74) is -4.12. The number of alkyl carbamates (subject to hydrolysis) is 1. The Hall–Kier alpha value is -2.41. The van der Waals surface area contributed by atoms with Crippen LogP contribution in [0.15, 0.2) is 40.9 Å². The molecule has 2 aromatic rings. The molecular formula is C24H26Cl2F3N3O5S. The molecule has 0 saturated carbocycles. The van der Waals surface area contributed by atoms with Gasteiger partial charge in [0.1, 0.15) is 11.6 Å². The Bertz CT molecular complexity index is 1340. The van der Waals surface area contributed by atoms with E-state index in [2.05, 4.69) is 14.7 Å². The first-order valence-electron chi connectivity index (χ1n) is 11.4. The third-order valence-corrected chi connectivity index (χ3v) is 8.43. The molecule has 1 aromatic heterocycles. The van der Waals surface area contributed by atoms with Crippen molar-refractivity contribution >= 4 is 44.9 Å². The number of hydrogen-bond donors (Lipinski definition) is 2. The molecule has 3 atom stereocenters. The molecule has 0 spiro atoms. The van der Waals surface area contributed by atoms with Crippen LogP contribution < -0.4 is 5.32 Å². The molecular weight excluding hydrogens is 570 g/mol. The number of carbonyl (C=O) groups is 2. The van der Waals surface area contributed by atoms with E-state index in [9.17, 15) is 32.1 Å². The van der Waals surface area contributed by atoms with Crippen LogP contribution in [0.3, 0.4) is 0 Å². The quantitative estimate of drug-likeness (QED) is 0.456. The fourth-order valence-electron chi connectivity index (χ4n) is 3.67. The lowest BCUT2D eigenvalue weighted by atomic mass is 9.94. The predicted octanol–water partition coefficient (Wildman–Crippen LogP) is 5.49. The van der Waals surface area contributed by atoms with E-state index in [1.165, 1.54) is 12.1 Å². The van der Waals surface area contributed by atoms with Crippen LogP contribution >= 0.6 is 23.2 Å². The average Bonchev–Trinajstić information content (AvgIpc) is 2.78.